The van der Waals surface area contributed by atoms with E-state index < -0.39 is 0 Å². The Hall–Kier alpha value is -1.46. The van der Waals surface area contributed by atoms with Gasteiger partial charge in [0.05, 0.1) is 29.9 Å². The van der Waals surface area contributed by atoms with Gasteiger partial charge in [-0.2, -0.15) is 0 Å². The molecule has 0 saturated heterocycles. The number of carbonyl (C=O) groups excluding carboxylic acids is 1. The first-order chi connectivity index (χ1) is 11.4. The number of hydrogen-bond acceptors (Lipinski definition) is 2. The van der Waals surface area contributed by atoms with Crippen LogP contribution in [0.1, 0.15) is 5.56 Å². The molecule has 2 rings (SSSR count). The number of rotatable bonds is 6. The first-order valence-electron chi connectivity index (χ1n) is 7.27. The van der Waals surface area contributed by atoms with Gasteiger partial charge in [-0.1, -0.05) is 46.9 Å². The SMILES string of the molecule is COc1cccc(C[NH+](C)CC(=O)Nc2c(Cl)cc(Cl)cc2Cl)c1. The molecule has 128 valence electrons. The van der Waals surface area contributed by atoms with Crippen LogP contribution in [0.3, 0.4) is 0 Å². The minimum absolute atomic E-state index is 0.179. The molecule has 0 saturated carbocycles. The number of quaternary nitrogens is 1. The zero-order chi connectivity index (χ0) is 17.7. The van der Waals surface area contributed by atoms with Crippen molar-refractivity contribution in [2.45, 2.75) is 6.54 Å². The Morgan fingerprint density at radius 3 is 2.46 bits per heavy atom. The maximum Gasteiger partial charge on any atom is 0.279 e. The molecular formula is C17H18Cl3N2O2+. The highest BCUT2D eigenvalue weighted by atomic mass is 35.5. The van der Waals surface area contributed by atoms with E-state index in [1.54, 1.807) is 7.11 Å². The predicted octanol–water partition coefficient (Wildman–Crippen LogP) is 3.31. The Morgan fingerprint density at radius 2 is 1.83 bits per heavy atom. The number of anilines is 1. The van der Waals surface area contributed by atoms with Crippen LogP contribution in [0.15, 0.2) is 36.4 Å². The smallest absolute Gasteiger partial charge is 0.279 e. The third-order valence-electron chi connectivity index (χ3n) is 3.37. The molecule has 0 aliphatic carbocycles. The lowest BCUT2D eigenvalue weighted by Crippen LogP contribution is -3.08. The maximum absolute atomic E-state index is 12.2. The molecule has 2 aromatic carbocycles. The van der Waals surface area contributed by atoms with Crippen LogP contribution in [0, 0.1) is 0 Å². The molecule has 0 aromatic heterocycles. The van der Waals surface area contributed by atoms with E-state index in [1.165, 1.54) is 12.1 Å². The molecular weight excluding hydrogens is 371 g/mol. The lowest BCUT2D eigenvalue weighted by atomic mass is 10.2. The quantitative estimate of drug-likeness (QED) is 0.797. The summed E-state index contributed by atoms with van der Waals surface area (Å²) in [7, 11) is 3.56. The predicted molar refractivity (Wildman–Crippen MR) is 98.6 cm³/mol. The summed E-state index contributed by atoms with van der Waals surface area (Å²) in [5, 5.41) is 3.78. The van der Waals surface area contributed by atoms with Crippen LogP contribution in [0.2, 0.25) is 15.1 Å². The van der Waals surface area contributed by atoms with Gasteiger partial charge in [0.15, 0.2) is 6.54 Å². The lowest BCUT2D eigenvalue weighted by molar-refractivity contribution is -0.885. The molecule has 0 bridgehead atoms. The number of ether oxygens (including phenoxy) is 1. The van der Waals surface area contributed by atoms with Gasteiger partial charge < -0.3 is 15.0 Å². The van der Waals surface area contributed by atoms with Crippen LogP contribution in [0.5, 0.6) is 5.75 Å². The average Bonchev–Trinajstić information content (AvgIpc) is 2.50. The first-order valence-corrected chi connectivity index (χ1v) is 8.41. The second kappa shape index (κ2) is 8.58. The second-order valence-corrected chi connectivity index (χ2v) is 6.71. The zero-order valence-corrected chi connectivity index (χ0v) is 15.6. The summed E-state index contributed by atoms with van der Waals surface area (Å²) in [5.41, 5.74) is 1.46. The minimum Gasteiger partial charge on any atom is -0.497 e. The number of nitrogens with one attached hydrogen (secondary N) is 2. The molecule has 4 nitrogen and oxygen atoms in total. The Morgan fingerprint density at radius 1 is 1.17 bits per heavy atom. The highest BCUT2D eigenvalue weighted by Crippen LogP contribution is 2.33. The summed E-state index contributed by atoms with van der Waals surface area (Å²) in [6.45, 7) is 0.958. The third-order valence-corrected chi connectivity index (χ3v) is 4.19. The third kappa shape index (κ3) is 5.28. The molecule has 1 atom stereocenters. The van der Waals surface area contributed by atoms with Crippen molar-refractivity contribution in [3.63, 3.8) is 0 Å². The largest absolute Gasteiger partial charge is 0.497 e. The van der Waals surface area contributed by atoms with Crippen molar-refractivity contribution >= 4 is 46.4 Å². The fourth-order valence-corrected chi connectivity index (χ4v) is 3.22. The second-order valence-electron chi connectivity index (χ2n) is 5.45. The molecule has 0 radical (unpaired) electrons. The number of benzene rings is 2. The van der Waals surface area contributed by atoms with E-state index in [9.17, 15) is 4.79 Å². The van der Waals surface area contributed by atoms with Crippen LogP contribution in [-0.4, -0.2) is 26.6 Å². The van der Waals surface area contributed by atoms with Crippen molar-refractivity contribution < 1.29 is 14.4 Å². The normalized spacial score (nSPS) is 11.9. The summed E-state index contributed by atoms with van der Waals surface area (Å²) in [6.07, 6.45) is 0. The fraction of sp³-hybridized carbons (Fsp3) is 0.235. The van der Waals surface area contributed by atoms with Crippen molar-refractivity contribution in [2.24, 2.45) is 0 Å². The standard InChI is InChI=1S/C17H17Cl3N2O2/c1-22(9-11-4-3-5-13(6-11)24-2)10-16(23)21-17-14(19)7-12(18)8-15(17)20/h3-8H,9-10H2,1-2H3,(H,21,23)/p+1. The molecule has 0 fully saturated rings. The number of halogens is 3. The van der Waals surface area contributed by atoms with Gasteiger partial charge in [0.2, 0.25) is 0 Å². The average molecular weight is 389 g/mol. The van der Waals surface area contributed by atoms with Gasteiger partial charge in [0.1, 0.15) is 12.3 Å². The minimum atomic E-state index is -0.179. The molecule has 7 heteroatoms. The summed E-state index contributed by atoms with van der Waals surface area (Å²) in [4.78, 5) is 13.2. The summed E-state index contributed by atoms with van der Waals surface area (Å²) in [5.74, 6) is 0.617. The number of hydrogen-bond donors (Lipinski definition) is 2. The Kier molecular flexibility index (Phi) is 6.75. The summed E-state index contributed by atoms with van der Waals surface area (Å²) < 4.78 is 5.20. The highest BCUT2D eigenvalue weighted by Gasteiger charge is 2.15. The van der Waals surface area contributed by atoms with E-state index in [0.29, 0.717) is 27.3 Å². The molecule has 1 unspecified atom stereocenters. The Bertz CT molecular complexity index is 715. The van der Waals surface area contributed by atoms with Crippen LogP contribution in [0.4, 0.5) is 5.69 Å². The van der Waals surface area contributed by atoms with Crippen molar-refractivity contribution in [1.29, 1.82) is 0 Å². The van der Waals surface area contributed by atoms with E-state index in [1.807, 2.05) is 31.3 Å². The number of likely N-dealkylation sites (N-methyl/N-ethyl adjacent to an activating group) is 1. The van der Waals surface area contributed by atoms with E-state index in [4.69, 9.17) is 39.5 Å². The van der Waals surface area contributed by atoms with Gasteiger partial charge >= 0.3 is 0 Å². The van der Waals surface area contributed by atoms with Crippen molar-refractivity contribution in [2.75, 3.05) is 26.0 Å². The summed E-state index contributed by atoms with van der Waals surface area (Å²) >= 11 is 18.0. The maximum atomic E-state index is 12.2. The molecule has 24 heavy (non-hydrogen) atoms. The van der Waals surface area contributed by atoms with Gasteiger partial charge in [-0.3, -0.25) is 4.79 Å². The Labute approximate surface area is 156 Å². The molecule has 0 aliphatic heterocycles. The van der Waals surface area contributed by atoms with E-state index in [-0.39, 0.29) is 12.5 Å². The van der Waals surface area contributed by atoms with Crippen LogP contribution < -0.4 is 15.0 Å². The van der Waals surface area contributed by atoms with Gasteiger partial charge in [-0.25, -0.2) is 0 Å². The van der Waals surface area contributed by atoms with E-state index in [0.717, 1.165) is 16.2 Å². The molecule has 0 aliphatic rings. The zero-order valence-electron chi connectivity index (χ0n) is 13.3. The van der Waals surface area contributed by atoms with Crippen LogP contribution in [0.25, 0.3) is 0 Å². The molecule has 0 heterocycles. The molecule has 1 amide bonds. The van der Waals surface area contributed by atoms with Crippen molar-refractivity contribution in [3.8, 4) is 5.75 Å². The van der Waals surface area contributed by atoms with E-state index in [2.05, 4.69) is 5.32 Å². The topological polar surface area (TPSA) is 42.8 Å². The fourth-order valence-electron chi connectivity index (χ4n) is 2.31. The molecule has 2 N–H and O–H groups in total. The van der Waals surface area contributed by atoms with Crippen molar-refractivity contribution in [3.05, 3.63) is 57.0 Å². The Balaban J connectivity index is 1.97. The van der Waals surface area contributed by atoms with Gasteiger partial charge in [0, 0.05) is 10.6 Å². The molecule has 0 spiro atoms. The number of amides is 1. The van der Waals surface area contributed by atoms with Gasteiger partial charge in [-0.05, 0) is 24.3 Å². The van der Waals surface area contributed by atoms with Gasteiger partial charge in [-0.15, -0.1) is 0 Å². The van der Waals surface area contributed by atoms with Crippen LogP contribution >= 0.6 is 34.8 Å². The van der Waals surface area contributed by atoms with Gasteiger partial charge in [0.25, 0.3) is 5.91 Å². The summed E-state index contributed by atoms with van der Waals surface area (Å²) in [6, 6.07) is 10.8. The van der Waals surface area contributed by atoms with Crippen LogP contribution in [-0.2, 0) is 11.3 Å². The van der Waals surface area contributed by atoms with E-state index >= 15 is 0 Å². The number of methoxy groups -OCH3 is 1. The monoisotopic (exact) mass is 387 g/mol. The number of carbonyl (C=O) groups is 1. The lowest BCUT2D eigenvalue weighted by Gasteiger charge is -2.15. The molecule has 2 aromatic rings. The first kappa shape index (κ1) is 18.9. The van der Waals surface area contributed by atoms with Crippen molar-refractivity contribution in [1.82, 2.24) is 0 Å². The highest BCUT2D eigenvalue weighted by molar-refractivity contribution is 6.42.